The molecule has 0 atom stereocenters. The highest BCUT2D eigenvalue weighted by Crippen LogP contribution is 2.25. The van der Waals surface area contributed by atoms with Crippen LogP contribution in [0.15, 0.2) is 64.5 Å². The topological polar surface area (TPSA) is 77.2 Å². The second-order valence-corrected chi connectivity index (χ2v) is 7.43. The Morgan fingerprint density at radius 2 is 2.00 bits per heavy atom. The summed E-state index contributed by atoms with van der Waals surface area (Å²) in [4.78, 5) is 20.9. The molecule has 0 bridgehead atoms. The average Bonchev–Trinajstić information content (AvgIpc) is 3.38. The van der Waals surface area contributed by atoms with Gasteiger partial charge in [0.05, 0.1) is 12.1 Å². The van der Waals surface area contributed by atoms with Crippen LogP contribution < -0.4 is 10.1 Å². The first kappa shape index (κ1) is 19.8. The van der Waals surface area contributed by atoms with E-state index < -0.39 is 0 Å². The molecule has 4 rings (SSSR count). The number of ether oxygens (including phenoxy) is 1. The van der Waals surface area contributed by atoms with Crippen molar-refractivity contribution in [1.82, 2.24) is 15.3 Å². The van der Waals surface area contributed by atoms with Crippen LogP contribution in [0.5, 0.6) is 11.6 Å². The van der Waals surface area contributed by atoms with E-state index in [4.69, 9.17) is 9.15 Å². The minimum atomic E-state index is -0.327. The summed E-state index contributed by atoms with van der Waals surface area (Å²) < 4.78 is 24.0. The van der Waals surface area contributed by atoms with Crippen LogP contribution in [0.2, 0.25) is 0 Å². The Bertz CT molecular complexity index is 1140. The number of hydrogen-bond acceptors (Lipinski definition) is 6. The van der Waals surface area contributed by atoms with Crippen molar-refractivity contribution < 1.29 is 18.3 Å². The number of pyridine rings is 1. The van der Waals surface area contributed by atoms with Crippen molar-refractivity contribution in [3.63, 3.8) is 0 Å². The molecule has 0 saturated carbocycles. The Labute approximate surface area is 176 Å². The average molecular weight is 423 g/mol. The smallest absolute Gasteiger partial charge is 0.226 e. The second kappa shape index (κ2) is 8.87. The molecule has 6 nitrogen and oxygen atoms in total. The molecule has 0 aliphatic carbocycles. The van der Waals surface area contributed by atoms with E-state index in [-0.39, 0.29) is 18.1 Å². The lowest BCUT2D eigenvalue weighted by atomic mass is 10.2. The van der Waals surface area contributed by atoms with Gasteiger partial charge in [0.25, 0.3) is 0 Å². The first-order chi connectivity index (χ1) is 14.5. The molecule has 1 N–H and O–H groups in total. The van der Waals surface area contributed by atoms with E-state index >= 15 is 0 Å². The molecule has 4 aromatic rings. The Hall–Kier alpha value is -3.52. The van der Waals surface area contributed by atoms with Crippen LogP contribution in [0, 0.1) is 12.7 Å². The molecule has 3 aromatic heterocycles. The van der Waals surface area contributed by atoms with Crippen LogP contribution in [-0.4, -0.2) is 15.9 Å². The number of carbonyl (C=O) groups is 1. The SMILES string of the molecule is Cc1ccc(-c2nc(CC(=O)NCc3ccc(Oc4ccc(F)cc4)nc3)cs2)o1. The number of aromatic nitrogens is 2. The van der Waals surface area contributed by atoms with Crippen molar-refractivity contribution in [3.05, 3.63) is 82.9 Å². The van der Waals surface area contributed by atoms with Gasteiger partial charge in [-0.2, -0.15) is 0 Å². The number of carbonyl (C=O) groups excluding carboxylic acids is 1. The standard InChI is InChI=1S/C22H18FN3O3S/c1-14-2-8-19(28-14)22-26-17(13-30-22)10-20(27)24-11-15-3-9-21(25-12-15)29-18-6-4-16(23)5-7-18/h2-9,12-13H,10-11H2,1H3,(H,24,27). The molecular formula is C22H18FN3O3S. The summed E-state index contributed by atoms with van der Waals surface area (Å²) in [5.41, 5.74) is 1.53. The number of thiazole rings is 1. The summed E-state index contributed by atoms with van der Waals surface area (Å²) in [5, 5.41) is 5.47. The summed E-state index contributed by atoms with van der Waals surface area (Å²) in [5.74, 6) is 1.96. The van der Waals surface area contributed by atoms with Gasteiger partial charge in [0, 0.05) is 24.2 Å². The monoisotopic (exact) mass is 423 g/mol. The van der Waals surface area contributed by atoms with Crippen molar-refractivity contribution in [2.24, 2.45) is 0 Å². The molecule has 0 radical (unpaired) electrons. The van der Waals surface area contributed by atoms with E-state index in [0.717, 1.165) is 16.3 Å². The van der Waals surface area contributed by atoms with Crippen LogP contribution >= 0.6 is 11.3 Å². The number of furan rings is 1. The first-order valence-electron chi connectivity index (χ1n) is 9.21. The molecular weight excluding hydrogens is 405 g/mol. The lowest BCUT2D eigenvalue weighted by molar-refractivity contribution is -0.120. The van der Waals surface area contributed by atoms with E-state index in [2.05, 4.69) is 15.3 Å². The molecule has 0 unspecified atom stereocenters. The predicted octanol–water partition coefficient (Wildman–Crippen LogP) is 4.90. The van der Waals surface area contributed by atoms with E-state index in [9.17, 15) is 9.18 Å². The number of nitrogens with zero attached hydrogens (tertiary/aromatic N) is 2. The summed E-state index contributed by atoms with van der Waals surface area (Å²) in [6.07, 6.45) is 1.81. The zero-order valence-corrected chi connectivity index (χ0v) is 16.9. The number of aryl methyl sites for hydroxylation is 1. The van der Waals surface area contributed by atoms with Gasteiger partial charge in [-0.15, -0.1) is 11.3 Å². The number of nitrogens with one attached hydrogen (secondary N) is 1. The lowest BCUT2D eigenvalue weighted by Gasteiger charge is -2.07. The molecule has 0 saturated heterocycles. The van der Waals surface area contributed by atoms with Gasteiger partial charge < -0.3 is 14.5 Å². The molecule has 30 heavy (non-hydrogen) atoms. The van der Waals surface area contributed by atoms with Crippen molar-refractivity contribution in [3.8, 4) is 22.4 Å². The van der Waals surface area contributed by atoms with Crippen molar-refractivity contribution >= 4 is 17.2 Å². The predicted molar refractivity (Wildman–Crippen MR) is 111 cm³/mol. The van der Waals surface area contributed by atoms with E-state index in [1.807, 2.05) is 30.5 Å². The zero-order chi connectivity index (χ0) is 20.9. The van der Waals surface area contributed by atoms with E-state index in [1.165, 1.54) is 35.6 Å². The van der Waals surface area contributed by atoms with Crippen LogP contribution in [0.3, 0.4) is 0 Å². The molecule has 152 valence electrons. The van der Waals surface area contributed by atoms with E-state index in [0.29, 0.717) is 29.6 Å². The number of benzene rings is 1. The van der Waals surface area contributed by atoms with Gasteiger partial charge >= 0.3 is 0 Å². The quantitative estimate of drug-likeness (QED) is 0.458. The number of hydrogen-bond donors (Lipinski definition) is 1. The molecule has 8 heteroatoms. The number of rotatable bonds is 7. The molecule has 3 heterocycles. The molecule has 1 aromatic carbocycles. The first-order valence-corrected chi connectivity index (χ1v) is 10.1. The van der Waals surface area contributed by atoms with Crippen LogP contribution in [0.4, 0.5) is 4.39 Å². The molecule has 0 fully saturated rings. The Morgan fingerprint density at radius 3 is 2.70 bits per heavy atom. The maximum absolute atomic E-state index is 12.9. The van der Waals surface area contributed by atoms with Gasteiger partial charge in [0.2, 0.25) is 11.8 Å². The summed E-state index contributed by atoms with van der Waals surface area (Å²) in [7, 11) is 0. The fourth-order valence-corrected chi connectivity index (χ4v) is 3.46. The summed E-state index contributed by atoms with van der Waals surface area (Å²) in [6, 6.07) is 13.0. The minimum absolute atomic E-state index is 0.130. The minimum Gasteiger partial charge on any atom is -0.459 e. The van der Waals surface area contributed by atoms with Crippen LogP contribution in [0.1, 0.15) is 17.0 Å². The lowest BCUT2D eigenvalue weighted by Crippen LogP contribution is -2.24. The van der Waals surface area contributed by atoms with Gasteiger partial charge in [-0.1, -0.05) is 6.07 Å². The fraction of sp³-hybridized carbons (Fsp3) is 0.136. The molecule has 1 amide bonds. The largest absolute Gasteiger partial charge is 0.459 e. The zero-order valence-electron chi connectivity index (χ0n) is 16.1. The van der Waals surface area contributed by atoms with Crippen LogP contribution in [-0.2, 0) is 17.8 Å². The molecule has 0 aliphatic heterocycles. The third-order valence-electron chi connectivity index (χ3n) is 4.17. The molecule has 0 spiro atoms. The number of amides is 1. The highest BCUT2D eigenvalue weighted by atomic mass is 32.1. The third-order valence-corrected chi connectivity index (χ3v) is 5.07. The Balaban J connectivity index is 1.27. The Morgan fingerprint density at radius 1 is 1.17 bits per heavy atom. The normalized spacial score (nSPS) is 10.7. The van der Waals surface area contributed by atoms with Crippen molar-refractivity contribution in [2.75, 3.05) is 0 Å². The van der Waals surface area contributed by atoms with Gasteiger partial charge in [-0.3, -0.25) is 4.79 Å². The second-order valence-electron chi connectivity index (χ2n) is 6.57. The van der Waals surface area contributed by atoms with Gasteiger partial charge in [0.15, 0.2) is 10.8 Å². The highest BCUT2D eigenvalue weighted by Gasteiger charge is 2.11. The van der Waals surface area contributed by atoms with Crippen LogP contribution in [0.25, 0.3) is 10.8 Å². The van der Waals surface area contributed by atoms with Crippen molar-refractivity contribution in [2.45, 2.75) is 19.9 Å². The van der Waals surface area contributed by atoms with Gasteiger partial charge in [-0.05, 0) is 48.9 Å². The highest BCUT2D eigenvalue weighted by molar-refractivity contribution is 7.13. The maximum atomic E-state index is 12.9. The van der Waals surface area contributed by atoms with E-state index in [1.54, 1.807) is 12.3 Å². The summed E-state index contributed by atoms with van der Waals surface area (Å²) >= 11 is 1.45. The third kappa shape index (κ3) is 5.09. The Kier molecular flexibility index (Phi) is 5.85. The molecule has 0 aliphatic rings. The van der Waals surface area contributed by atoms with Gasteiger partial charge in [0.1, 0.15) is 17.3 Å². The maximum Gasteiger partial charge on any atom is 0.226 e. The summed E-state index contributed by atoms with van der Waals surface area (Å²) in [6.45, 7) is 2.22. The van der Waals surface area contributed by atoms with Crippen molar-refractivity contribution in [1.29, 1.82) is 0 Å². The fourth-order valence-electron chi connectivity index (χ4n) is 2.68. The van der Waals surface area contributed by atoms with Gasteiger partial charge in [-0.25, -0.2) is 14.4 Å². The number of halogens is 1.